The first-order chi connectivity index (χ1) is 12.9. The molecule has 170 valence electrons. The number of ether oxygens (including phenoxy) is 2. The Balaban J connectivity index is 2.40. The van der Waals surface area contributed by atoms with E-state index in [4.69, 9.17) is 4.74 Å². The maximum Gasteiger partial charge on any atom is 0.384 e. The van der Waals surface area contributed by atoms with E-state index in [0.717, 1.165) is 6.92 Å². The van der Waals surface area contributed by atoms with Crippen LogP contribution in [0.1, 0.15) is 6.92 Å². The van der Waals surface area contributed by atoms with Crippen LogP contribution in [-0.4, -0.2) is 85.1 Å². The van der Waals surface area contributed by atoms with Gasteiger partial charge in [-0.25, -0.2) is 9.18 Å². The zero-order valence-corrected chi connectivity index (χ0v) is 14.4. The van der Waals surface area contributed by atoms with Crippen molar-refractivity contribution in [2.75, 3.05) is 32.8 Å². The lowest BCUT2D eigenvalue weighted by Gasteiger charge is -2.51. The molecule has 0 amide bonds. The van der Waals surface area contributed by atoms with Crippen LogP contribution in [0.5, 0.6) is 0 Å². The van der Waals surface area contributed by atoms with Crippen LogP contribution >= 0.6 is 0 Å². The summed E-state index contributed by atoms with van der Waals surface area (Å²) in [6, 6.07) is 0. The second-order valence-electron chi connectivity index (χ2n) is 6.66. The van der Waals surface area contributed by atoms with Crippen LogP contribution in [-0.2, 0) is 14.3 Å². The summed E-state index contributed by atoms with van der Waals surface area (Å²) in [5, 5.41) is 0. The third-order valence-electron chi connectivity index (χ3n) is 4.65. The molecule has 1 aliphatic carbocycles. The largest absolute Gasteiger partial charge is 0.459 e. The monoisotopic (exact) mass is 453 g/mol. The highest BCUT2D eigenvalue weighted by atomic mass is 19.4. The molecular formula is C14H14F11NO3. The molecule has 0 aromatic heterocycles. The third kappa shape index (κ3) is 2.90. The molecule has 4 nitrogen and oxygen atoms in total. The summed E-state index contributed by atoms with van der Waals surface area (Å²) in [7, 11) is 0. The molecule has 15 heteroatoms. The quantitative estimate of drug-likeness (QED) is 0.485. The average Bonchev–Trinajstić information content (AvgIpc) is 2.59. The minimum absolute atomic E-state index is 0.164. The number of hydrogen-bond acceptors (Lipinski definition) is 4. The Morgan fingerprint density at radius 2 is 1.21 bits per heavy atom. The van der Waals surface area contributed by atoms with Crippen molar-refractivity contribution in [1.29, 1.82) is 0 Å². The van der Waals surface area contributed by atoms with Gasteiger partial charge >= 0.3 is 41.3 Å². The molecular weight excluding hydrogens is 439 g/mol. The first kappa shape index (κ1) is 23.9. The molecule has 29 heavy (non-hydrogen) atoms. The smallest absolute Gasteiger partial charge is 0.384 e. The lowest BCUT2D eigenvalue weighted by Crippen LogP contribution is -2.85. The highest BCUT2D eigenvalue weighted by Crippen LogP contribution is 2.69. The summed E-state index contributed by atoms with van der Waals surface area (Å²) in [6.07, 6.45) is -1.72. The molecule has 0 spiro atoms. The molecule has 1 saturated heterocycles. The molecule has 2 rings (SSSR count). The lowest BCUT2D eigenvalue weighted by atomic mass is 9.72. The third-order valence-corrected chi connectivity index (χ3v) is 4.65. The van der Waals surface area contributed by atoms with E-state index in [9.17, 15) is 53.1 Å². The van der Waals surface area contributed by atoms with Crippen molar-refractivity contribution in [3.05, 3.63) is 0 Å². The summed E-state index contributed by atoms with van der Waals surface area (Å²) in [4.78, 5) is 13.1. The maximum absolute atomic E-state index is 14.5. The lowest BCUT2D eigenvalue weighted by molar-refractivity contribution is -0.478. The standard InChI is InChI=1S/C14H14F11NO3/c1-7(6-26-2-4-28-5-3-26)29-8(27)9(15)10(16,17)12(20,21)14(24,25)13(22,23)11(9,18)19/h7H,2-6H2,1H3. The molecule has 2 fully saturated rings. The zero-order valence-electron chi connectivity index (χ0n) is 14.4. The van der Waals surface area contributed by atoms with Gasteiger partial charge < -0.3 is 9.47 Å². The van der Waals surface area contributed by atoms with Gasteiger partial charge in [0.05, 0.1) is 13.2 Å². The van der Waals surface area contributed by atoms with Gasteiger partial charge in [-0.15, -0.1) is 0 Å². The predicted octanol–water partition coefficient (Wildman–Crippen LogP) is 3.15. The Morgan fingerprint density at radius 3 is 1.62 bits per heavy atom. The molecule has 0 aromatic carbocycles. The molecule has 0 bridgehead atoms. The van der Waals surface area contributed by atoms with Gasteiger partial charge in [0, 0.05) is 19.6 Å². The minimum Gasteiger partial charge on any atom is -0.459 e. The van der Waals surface area contributed by atoms with E-state index in [1.54, 1.807) is 0 Å². The van der Waals surface area contributed by atoms with Crippen molar-refractivity contribution >= 4 is 5.97 Å². The van der Waals surface area contributed by atoms with E-state index in [2.05, 4.69) is 4.74 Å². The fourth-order valence-corrected chi connectivity index (χ4v) is 2.93. The molecule has 2 aliphatic rings. The van der Waals surface area contributed by atoms with Crippen LogP contribution in [0, 0.1) is 0 Å². The Labute approximate surface area is 155 Å². The van der Waals surface area contributed by atoms with E-state index in [1.165, 1.54) is 4.90 Å². The van der Waals surface area contributed by atoms with Crippen LogP contribution in [0.25, 0.3) is 0 Å². The van der Waals surface area contributed by atoms with Gasteiger partial charge in [-0.1, -0.05) is 0 Å². The van der Waals surface area contributed by atoms with Gasteiger partial charge in [-0.2, -0.15) is 43.9 Å². The summed E-state index contributed by atoms with van der Waals surface area (Å²) in [5.41, 5.74) is -6.77. The molecule has 0 N–H and O–H groups in total. The Bertz CT molecular complexity index is 619. The highest BCUT2D eigenvalue weighted by molar-refractivity contribution is 5.84. The van der Waals surface area contributed by atoms with Crippen LogP contribution in [0.3, 0.4) is 0 Å². The van der Waals surface area contributed by atoms with E-state index in [-0.39, 0.29) is 26.3 Å². The van der Waals surface area contributed by atoms with Crippen molar-refractivity contribution in [3.8, 4) is 0 Å². The van der Waals surface area contributed by atoms with Crippen molar-refractivity contribution in [2.24, 2.45) is 0 Å². The molecule has 1 aliphatic heterocycles. The van der Waals surface area contributed by atoms with Crippen molar-refractivity contribution < 1.29 is 62.6 Å². The fourth-order valence-electron chi connectivity index (χ4n) is 2.93. The van der Waals surface area contributed by atoms with Crippen molar-refractivity contribution in [3.63, 3.8) is 0 Å². The topological polar surface area (TPSA) is 38.8 Å². The van der Waals surface area contributed by atoms with Gasteiger partial charge in [0.25, 0.3) is 0 Å². The number of halogens is 11. The van der Waals surface area contributed by atoms with Gasteiger partial charge in [0.2, 0.25) is 0 Å². The van der Waals surface area contributed by atoms with Crippen LogP contribution in [0.15, 0.2) is 0 Å². The number of nitrogens with zero attached hydrogens (tertiary/aromatic N) is 1. The van der Waals surface area contributed by atoms with Crippen LogP contribution < -0.4 is 0 Å². The summed E-state index contributed by atoms with van der Waals surface area (Å²) >= 11 is 0. The fraction of sp³-hybridized carbons (Fsp3) is 0.929. The van der Waals surface area contributed by atoms with E-state index in [0.29, 0.717) is 0 Å². The van der Waals surface area contributed by atoms with E-state index in [1.807, 2.05) is 0 Å². The van der Waals surface area contributed by atoms with Gasteiger partial charge in [-0.3, -0.25) is 4.90 Å². The minimum atomic E-state index is -7.37. The van der Waals surface area contributed by atoms with E-state index < -0.39 is 53.9 Å². The molecule has 0 radical (unpaired) electrons. The molecule has 1 heterocycles. The average molecular weight is 453 g/mol. The number of carbonyl (C=O) groups excluding carboxylic acids is 1. The normalized spacial score (nSPS) is 30.3. The number of carbonyl (C=O) groups is 1. The second-order valence-corrected chi connectivity index (χ2v) is 6.66. The molecule has 1 atom stereocenters. The molecule has 1 saturated carbocycles. The summed E-state index contributed by atoms with van der Waals surface area (Å²) in [6.45, 7) is 1.12. The highest BCUT2D eigenvalue weighted by Gasteiger charge is 3.03. The van der Waals surface area contributed by atoms with E-state index >= 15 is 0 Å². The zero-order chi connectivity index (χ0) is 22.7. The summed E-state index contributed by atoms with van der Waals surface area (Å²) in [5.74, 6) is -40.0. The van der Waals surface area contributed by atoms with Crippen LogP contribution in [0.2, 0.25) is 0 Å². The Morgan fingerprint density at radius 1 is 0.828 bits per heavy atom. The number of rotatable bonds is 4. The van der Waals surface area contributed by atoms with Gasteiger partial charge in [0.1, 0.15) is 6.10 Å². The van der Waals surface area contributed by atoms with Crippen molar-refractivity contribution in [1.82, 2.24) is 4.90 Å². The van der Waals surface area contributed by atoms with Crippen molar-refractivity contribution in [2.45, 2.75) is 48.3 Å². The first-order valence-corrected chi connectivity index (χ1v) is 7.98. The van der Waals surface area contributed by atoms with Gasteiger partial charge in [-0.05, 0) is 6.92 Å². The first-order valence-electron chi connectivity index (χ1n) is 7.98. The molecule has 0 aromatic rings. The van der Waals surface area contributed by atoms with Crippen LogP contribution in [0.4, 0.5) is 48.3 Å². The SMILES string of the molecule is CC(CN1CCOCC1)OC(=O)C1(F)C(F)(F)C(F)(F)C(F)(F)C(F)(F)C1(F)F. The van der Waals surface area contributed by atoms with Gasteiger partial charge in [0.15, 0.2) is 0 Å². The Kier molecular flexibility index (Phi) is 5.62. The number of morpholine rings is 1. The number of alkyl halides is 11. The molecule has 1 unspecified atom stereocenters. The predicted molar refractivity (Wildman–Crippen MR) is 71.4 cm³/mol. The maximum atomic E-state index is 14.5. The second kappa shape index (κ2) is 6.82. The number of esters is 1. The number of hydrogen-bond donors (Lipinski definition) is 0. The Hall–Kier alpha value is -1.38. The summed E-state index contributed by atoms with van der Waals surface area (Å²) < 4.78 is 158.